The van der Waals surface area contributed by atoms with Gasteiger partial charge < -0.3 is 9.47 Å². The molecule has 1 aromatic carbocycles. The van der Waals surface area contributed by atoms with Crippen molar-refractivity contribution in [3.8, 4) is 17.7 Å². The minimum Gasteiger partial charge on any atom is -0.456 e. The molecule has 2 rings (SSSR count). The number of benzene rings is 1. The highest BCUT2D eigenvalue weighted by atomic mass is 16.6. The van der Waals surface area contributed by atoms with Crippen molar-refractivity contribution in [3.05, 3.63) is 47.9 Å². The zero-order chi connectivity index (χ0) is 16.2. The van der Waals surface area contributed by atoms with E-state index in [4.69, 9.17) is 14.7 Å². The maximum Gasteiger partial charge on any atom is 0.340 e. The second-order valence-corrected chi connectivity index (χ2v) is 5.47. The molecule has 0 N–H and O–H groups in total. The van der Waals surface area contributed by atoms with E-state index in [0.29, 0.717) is 11.6 Å². The molecule has 2 aromatic rings. The van der Waals surface area contributed by atoms with E-state index in [-0.39, 0.29) is 11.1 Å². The number of ether oxygens (including phenoxy) is 2. The van der Waals surface area contributed by atoms with Crippen LogP contribution in [0, 0.1) is 11.3 Å². The van der Waals surface area contributed by atoms with Crippen molar-refractivity contribution in [3.63, 3.8) is 0 Å². The van der Waals surface area contributed by atoms with Crippen molar-refractivity contribution in [2.75, 3.05) is 0 Å². The summed E-state index contributed by atoms with van der Waals surface area (Å²) in [5, 5.41) is 9.13. The molecule has 0 radical (unpaired) electrons. The number of carbonyl (C=O) groups is 1. The predicted molar refractivity (Wildman–Crippen MR) is 78.4 cm³/mol. The van der Waals surface area contributed by atoms with Crippen LogP contribution < -0.4 is 4.74 Å². The second kappa shape index (κ2) is 6.22. The molecular weight excluding hydrogens is 282 g/mol. The minimum atomic E-state index is -0.646. The van der Waals surface area contributed by atoms with Crippen molar-refractivity contribution < 1.29 is 14.3 Å². The number of aromatic nitrogens is 2. The molecule has 112 valence electrons. The number of rotatable bonds is 3. The van der Waals surface area contributed by atoms with Crippen LogP contribution in [0.4, 0.5) is 0 Å². The van der Waals surface area contributed by atoms with E-state index < -0.39 is 11.6 Å². The summed E-state index contributed by atoms with van der Waals surface area (Å²) in [5.74, 6) is 0.158. The van der Waals surface area contributed by atoms with Crippen LogP contribution in [0.3, 0.4) is 0 Å². The van der Waals surface area contributed by atoms with E-state index in [2.05, 4.69) is 9.97 Å². The van der Waals surface area contributed by atoms with Crippen molar-refractivity contribution in [2.24, 2.45) is 0 Å². The van der Waals surface area contributed by atoms with Gasteiger partial charge in [-0.1, -0.05) is 0 Å². The van der Waals surface area contributed by atoms with Crippen LogP contribution in [0.1, 0.15) is 36.7 Å². The number of hydrogen-bond acceptors (Lipinski definition) is 6. The van der Waals surface area contributed by atoms with Gasteiger partial charge in [0.15, 0.2) is 0 Å². The highest BCUT2D eigenvalue weighted by Crippen LogP contribution is 2.24. The molecule has 6 nitrogen and oxygen atoms in total. The maximum absolute atomic E-state index is 12.2. The molecule has 0 saturated heterocycles. The lowest BCUT2D eigenvalue weighted by molar-refractivity contribution is 0.00688. The highest BCUT2D eigenvalue weighted by molar-refractivity contribution is 5.93. The Morgan fingerprint density at radius 3 is 2.64 bits per heavy atom. The van der Waals surface area contributed by atoms with Crippen molar-refractivity contribution in [1.82, 2.24) is 9.97 Å². The number of nitriles is 1. The molecule has 0 bridgehead atoms. The van der Waals surface area contributed by atoms with E-state index in [1.165, 1.54) is 18.5 Å². The van der Waals surface area contributed by atoms with Crippen LogP contribution >= 0.6 is 0 Å². The fourth-order valence-corrected chi connectivity index (χ4v) is 1.65. The molecule has 0 fully saturated rings. The lowest BCUT2D eigenvalue weighted by atomic mass is 10.1. The quantitative estimate of drug-likeness (QED) is 0.809. The SMILES string of the molecule is CC(C)(C)OC(=O)c1cc(Oc2ccncn2)ccc1C#N. The third kappa shape index (κ3) is 4.03. The van der Waals surface area contributed by atoms with Crippen LogP contribution in [0.15, 0.2) is 36.8 Å². The number of nitrogens with zero attached hydrogens (tertiary/aromatic N) is 3. The molecule has 1 heterocycles. The van der Waals surface area contributed by atoms with Crippen LogP contribution in [0.2, 0.25) is 0 Å². The van der Waals surface area contributed by atoms with Gasteiger partial charge in [0.25, 0.3) is 0 Å². The Morgan fingerprint density at radius 2 is 2.05 bits per heavy atom. The monoisotopic (exact) mass is 297 g/mol. The lowest BCUT2D eigenvalue weighted by Gasteiger charge is -2.20. The third-order valence-electron chi connectivity index (χ3n) is 2.51. The first-order valence-electron chi connectivity index (χ1n) is 6.60. The van der Waals surface area contributed by atoms with Crippen LogP contribution in [0.5, 0.6) is 11.6 Å². The van der Waals surface area contributed by atoms with E-state index >= 15 is 0 Å². The summed E-state index contributed by atoms with van der Waals surface area (Å²) in [5.41, 5.74) is -0.263. The van der Waals surface area contributed by atoms with Crippen LogP contribution in [0.25, 0.3) is 0 Å². The summed E-state index contributed by atoms with van der Waals surface area (Å²) in [4.78, 5) is 19.9. The summed E-state index contributed by atoms with van der Waals surface area (Å²) in [6.07, 6.45) is 2.90. The first-order chi connectivity index (χ1) is 10.4. The topological polar surface area (TPSA) is 85.1 Å². The average molecular weight is 297 g/mol. The third-order valence-corrected chi connectivity index (χ3v) is 2.51. The average Bonchev–Trinajstić information content (AvgIpc) is 2.46. The molecule has 0 amide bonds. The Bertz CT molecular complexity index is 716. The molecule has 0 saturated carbocycles. The summed E-state index contributed by atoms with van der Waals surface area (Å²) in [6, 6.07) is 8.13. The smallest absolute Gasteiger partial charge is 0.340 e. The van der Waals surface area contributed by atoms with Gasteiger partial charge in [0.2, 0.25) is 5.88 Å². The Balaban J connectivity index is 2.31. The summed E-state index contributed by atoms with van der Waals surface area (Å²) >= 11 is 0. The summed E-state index contributed by atoms with van der Waals surface area (Å²) in [6.45, 7) is 5.29. The molecule has 0 unspecified atom stereocenters. The standard InChI is InChI=1S/C16H15N3O3/c1-16(2,3)22-15(20)13-8-12(5-4-11(13)9-17)21-14-6-7-18-10-19-14/h4-8,10H,1-3H3. The van der Waals surface area contributed by atoms with Crippen molar-refractivity contribution in [2.45, 2.75) is 26.4 Å². The normalized spacial score (nSPS) is 10.6. The fraction of sp³-hybridized carbons (Fsp3) is 0.250. The predicted octanol–water partition coefficient (Wildman–Crippen LogP) is 3.10. The van der Waals surface area contributed by atoms with E-state index in [1.807, 2.05) is 6.07 Å². The van der Waals surface area contributed by atoms with Gasteiger partial charge in [-0.15, -0.1) is 0 Å². The first kappa shape index (κ1) is 15.4. The van der Waals surface area contributed by atoms with Gasteiger partial charge in [-0.25, -0.2) is 14.8 Å². The zero-order valence-electron chi connectivity index (χ0n) is 12.5. The molecule has 0 aliphatic carbocycles. The molecule has 0 aliphatic heterocycles. The van der Waals surface area contributed by atoms with Crippen LogP contribution in [-0.2, 0) is 4.74 Å². The molecule has 0 aliphatic rings. The highest BCUT2D eigenvalue weighted by Gasteiger charge is 2.21. The maximum atomic E-state index is 12.2. The molecule has 0 spiro atoms. The summed E-state index contributed by atoms with van der Waals surface area (Å²) in [7, 11) is 0. The first-order valence-corrected chi connectivity index (χ1v) is 6.60. The van der Waals surface area contributed by atoms with Gasteiger partial charge in [0.1, 0.15) is 23.7 Å². The molecular formula is C16H15N3O3. The van der Waals surface area contributed by atoms with Crippen LogP contribution in [-0.4, -0.2) is 21.5 Å². The largest absolute Gasteiger partial charge is 0.456 e. The van der Waals surface area contributed by atoms with Gasteiger partial charge in [-0.05, 0) is 39.0 Å². The second-order valence-electron chi connectivity index (χ2n) is 5.47. The lowest BCUT2D eigenvalue weighted by Crippen LogP contribution is -2.24. The summed E-state index contributed by atoms with van der Waals surface area (Å²) < 4.78 is 10.8. The van der Waals surface area contributed by atoms with Crippen molar-refractivity contribution in [1.29, 1.82) is 5.26 Å². The minimum absolute atomic E-state index is 0.156. The fourth-order valence-electron chi connectivity index (χ4n) is 1.65. The van der Waals surface area contributed by atoms with E-state index in [0.717, 1.165) is 0 Å². The van der Waals surface area contributed by atoms with Gasteiger partial charge in [0.05, 0.1) is 11.1 Å². The molecule has 6 heteroatoms. The Hall–Kier alpha value is -2.94. The van der Waals surface area contributed by atoms with E-state index in [1.54, 1.807) is 39.1 Å². The van der Waals surface area contributed by atoms with Gasteiger partial charge in [0, 0.05) is 12.3 Å². The van der Waals surface area contributed by atoms with Gasteiger partial charge >= 0.3 is 5.97 Å². The Kier molecular flexibility index (Phi) is 4.37. The Morgan fingerprint density at radius 1 is 1.27 bits per heavy atom. The van der Waals surface area contributed by atoms with Crippen molar-refractivity contribution >= 4 is 5.97 Å². The van der Waals surface area contributed by atoms with E-state index in [9.17, 15) is 4.79 Å². The molecule has 0 atom stereocenters. The number of esters is 1. The molecule has 22 heavy (non-hydrogen) atoms. The zero-order valence-corrected chi connectivity index (χ0v) is 12.5. The number of hydrogen-bond donors (Lipinski definition) is 0. The molecule has 1 aromatic heterocycles. The van der Waals surface area contributed by atoms with Gasteiger partial charge in [-0.3, -0.25) is 0 Å². The number of carbonyl (C=O) groups excluding carboxylic acids is 1. The van der Waals surface area contributed by atoms with Gasteiger partial charge in [-0.2, -0.15) is 5.26 Å². The Labute approximate surface area is 128 Å².